The molecule has 4 rings (SSSR count). The molecular weight excluding hydrogens is 348 g/mol. The number of benzene rings is 2. The summed E-state index contributed by atoms with van der Waals surface area (Å²) < 4.78 is 25.5. The number of halogens is 1. The van der Waals surface area contributed by atoms with Crippen molar-refractivity contribution in [2.45, 2.75) is 19.6 Å². The van der Waals surface area contributed by atoms with Gasteiger partial charge in [0.25, 0.3) is 0 Å². The average Bonchev–Trinajstić information content (AvgIpc) is 3.34. The monoisotopic (exact) mass is 363 g/mol. The van der Waals surface area contributed by atoms with Crippen LogP contribution in [0.4, 0.5) is 10.2 Å². The van der Waals surface area contributed by atoms with Crippen molar-refractivity contribution < 1.29 is 18.1 Å². The molecule has 2 aromatic heterocycles. The van der Waals surface area contributed by atoms with Crippen molar-refractivity contribution in [2.75, 3.05) is 4.90 Å². The van der Waals surface area contributed by atoms with Crippen molar-refractivity contribution in [3.05, 3.63) is 71.6 Å². The number of aromatic nitrogens is 2. The van der Waals surface area contributed by atoms with Gasteiger partial charge in [0, 0.05) is 0 Å². The summed E-state index contributed by atoms with van der Waals surface area (Å²) in [6.45, 7) is 3.51. The zero-order valence-electron chi connectivity index (χ0n) is 14.5. The predicted molar refractivity (Wildman–Crippen MR) is 98.1 cm³/mol. The van der Waals surface area contributed by atoms with Crippen molar-refractivity contribution in [3.63, 3.8) is 0 Å². The third-order valence-electron chi connectivity index (χ3n) is 4.20. The first-order valence-electron chi connectivity index (χ1n) is 8.37. The van der Waals surface area contributed by atoms with E-state index < -0.39 is 12.1 Å². The van der Waals surface area contributed by atoms with Gasteiger partial charge in [0.2, 0.25) is 0 Å². The molecule has 2 heterocycles. The second-order valence-corrected chi connectivity index (χ2v) is 6.16. The Morgan fingerprint density at radius 3 is 2.81 bits per heavy atom. The van der Waals surface area contributed by atoms with Crippen LogP contribution < -0.4 is 4.90 Å². The predicted octanol–water partition coefficient (Wildman–Crippen LogP) is 3.71. The zero-order chi connectivity index (χ0) is 18.8. The second-order valence-electron chi connectivity index (χ2n) is 6.16. The number of carbonyl (C=O) groups excluding carboxylic acids is 1. The molecule has 1 amide bonds. The topological polar surface area (TPSA) is 72.4 Å². The fraction of sp³-hybridized carbons (Fsp3) is 0.158. The summed E-state index contributed by atoms with van der Waals surface area (Å²) in [5.74, 6) is -0.538. The van der Waals surface area contributed by atoms with Crippen molar-refractivity contribution >= 4 is 29.7 Å². The number of alkyl halides is 1. The van der Waals surface area contributed by atoms with E-state index in [1.165, 1.54) is 23.4 Å². The minimum atomic E-state index is -1.87. The Morgan fingerprint density at radius 1 is 1.26 bits per heavy atom. The van der Waals surface area contributed by atoms with Gasteiger partial charge < -0.3 is 0 Å². The molecule has 2 aromatic carbocycles. The number of carbonyl (C=O) groups is 1. The summed E-state index contributed by atoms with van der Waals surface area (Å²) in [5, 5.41) is 3.81. The summed E-state index contributed by atoms with van der Waals surface area (Å²) in [7, 11) is 0. The molecule has 0 saturated heterocycles. The van der Waals surface area contributed by atoms with Crippen molar-refractivity contribution in [2.24, 2.45) is 0 Å². The summed E-state index contributed by atoms with van der Waals surface area (Å²) in [4.78, 5) is 18.2. The maximum atomic E-state index is 15.1. The number of nitrogens with zero attached hydrogens (tertiary/aromatic N) is 3. The van der Waals surface area contributed by atoms with Crippen LogP contribution in [-0.4, -0.2) is 23.0 Å². The first-order valence-corrected chi connectivity index (χ1v) is 8.37. The van der Waals surface area contributed by atoms with Crippen LogP contribution in [0.3, 0.4) is 0 Å². The maximum absolute atomic E-state index is 15.1. The Morgan fingerprint density at radius 2 is 2.07 bits per heavy atom. The van der Waals surface area contributed by atoms with E-state index in [9.17, 15) is 4.79 Å². The molecule has 4 aromatic rings. The van der Waals surface area contributed by atoms with Crippen LogP contribution in [0.15, 0.2) is 63.9 Å². The van der Waals surface area contributed by atoms with E-state index in [4.69, 9.17) is 8.94 Å². The van der Waals surface area contributed by atoms with Gasteiger partial charge in [-0.1, -0.05) is 0 Å². The molecule has 0 fully saturated rings. The molecule has 0 radical (unpaired) electrons. The van der Waals surface area contributed by atoms with E-state index in [-0.39, 0.29) is 17.9 Å². The van der Waals surface area contributed by atoms with Crippen LogP contribution in [0, 0.1) is 6.92 Å². The molecule has 0 saturated carbocycles. The summed E-state index contributed by atoms with van der Waals surface area (Å²) >= 11 is 0. The number of hydrogen-bond donors (Lipinski definition) is 0. The standard InChI is InChI=1S/C19H15BFN3O3/c1-12-20-19(27-23-12)24(10-13-5-3-2-4-6-13)18(25)17(21)14-7-8-16-15(9-14)22-11-26-16/h2-9,11,17H,10H2,1H3. The van der Waals surface area contributed by atoms with E-state index in [0.717, 1.165) is 5.56 Å². The molecule has 134 valence electrons. The number of oxazole rings is 1. The molecule has 6 nitrogen and oxygen atoms in total. The molecule has 0 aliphatic heterocycles. The Kier molecular flexibility index (Phi) is 4.54. The Bertz CT molecular complexity index is 1080. The fourth-order valence-corrected chi connectivity index (χ4v) is 2.82. The first kappa shape index (κ1) is 17.1. The number of fused-ring (bicyclic) bond motifs is 1. The van der Waals surface area contributed by atoms with E-state index in [1.54, 1.807) is 19.9 Å². The number of hydrogen-bond acceptors (Lipinski definition) is 5. The summed E-state index contributed by atoms with van der Waals surface area (Å²) in [6, 6.07) is 13.9. The van der Waals surface area contributed by atoms with Gasteiger partial charge in [-0.15, -0.1) is 0 Å². The van der Waals surface area contributed by atoms with E-state index in [1.807, 2.05) is 30.3 Å². The summed E-state index contributed by atoms with van der Waals surface area (Å²) in [6.07, 6.45) is -0.595. The first-order chi connectivity index (χ1) is 13.1. The van der Waals surface area contributed by atoms with Gasteiger partial charge in [-0.25, -0.2) is 0 Å². The second kappa shape index (κ2) is 7.15. The average molecular weight is 363 g/mol. The fourth-order valence-electron chi connectivity index (χ4n) is 2.82. The molecule has 1 unspecified atom stereocenters. The Balaban J connectivity index is 1.66. The molecule has 8 heteroatoms. The van der Waals surface area contributed by atoms with Gasteiger partial charge in [-0.05, 0) is 0 Å². The molecule has 1 atom stereocenters. The molecule has 0 aliphatic carbocycles. The van der Waals surface area contributed by atoms with Crippen LogP contribution in [-0.2, 0) is 11.3 Å². The quantitative estimate of drug-likeness (QED) is 0.541. The Labute approximate surface area is 154 Å². The van der Waals surface area contributed by atoms with Gasteiger partial charge in [-0.3, -0.25) is 0 Å². The zero-order valence-corrected chi connectivity index (χ0v) is 14.5. The number of rotatable bonds is 5. The molecule has 0 spiro atoms. The van der Waals surface area contributed by atoms with Crippen LogP contribution in [0.1, 0.15) is 22.9 Å². The molecular formula is C19H15BFN3O3. The van der Waals surface area contributed by atoms with E-state index in [2.05, 4.69) is 10.1 Å². The Hall–Kier alpha value is -3.29. The van der Waals surface area contributed by atoms with Gasteiger partial charge in [0.05, 0.1) is 0 Å². The molecule has 27 heavy (non-hydrogen) atoms. The van der Waals surface area contributed by atoms with Crippen molar-refractivity contribution in [1.29, 1.82) is 0 Å². The van der Waals surface area contributed by atoms with Crippen LogP contribution in [0.25, 0.3) is 11.1 Å². The van der Waals surface area contributed by atoms with E-state index >= 15 is 4.39 Å². The van der Waals surface area contributed by atoms with Gasteiger partial charge in [0.1, 0.15) is 0 Å². The third-order valence-corrected chi connectivity index (χ3v) is 4.20. The van der Waals surface area contributed by atoms with Crippen LogP contribution >= 0.6 is 0 Å². The van der Waals surface area contributed by atoms with Crippen molar-refractivity contribution in [1.82, 2.24) is 10.1 Å². The van der Waals surface area contributed by atoms with Crippen LogP contribution in [0.5, 0.6) is 0 Å². The normalized spacial score (nSPS) is 12.1. The third kappa shape index (κ3) is 3.51. The number of anilines is 1. The van der Waals surface area contributed by atoms with Crippen LogP contribution in [0.2, 0.25) is 0 Å². The van der Waals surface area contributed by atoms with E-state index in [0.29, 0.717) is 16.7 Å². The molecule has 0 N–H and O–H groups in total. The number of aryl methyl sites for hydroxylation is 1. The molecule has 0 bridgehead atoms. The number of amides is 1. The summed E-state index contributed by atoms with van der Waals surface area (Å²) in [5.41, 5.74) is 2.68. The minimum absolute atomic E-state index is 0.168. The van der Waals surface area contributed by atoms with Gasteiger partial charge >= 0.3 is 154 Å². The molecule has 0 aliphatic rings. The van der Waals surface area contributed by atoms with Gasteiger partial charge in [0.15, 0.2) is 0 Å². The van der Waals surface area contributed by atoms with Gasteiger partial charge in [-0.2, -0.15) is 0 Å². The SMILES string of the molecule is Cc1bc(N(Cc2ccccc2)C(=O)C(F)c2ccc3ocnc3c2)on1. The van der Waals surface area contributed by atoms with Crippen molar-refractivity contribution in [3.8, 4) is 0 Å².